The lowest BCUT2D eigenvalue weighted by Gasteiger charge is -2.20. The lowest BCUT2D eigenvalue weighted by atomic mass is 10.1. The van der Waals surface area contributed by atoms with Gasteiger partial charge in [0, 0.05) is 13.0 Å². The molecule has 0 saturated carbocycles. The first-order valence-corrected chi connectivity index (χ1v) is 7.64. The number of amides is 2. The predicted octanol–water partition coefficient (Wildman–Crippen LogP) is 3.21. The summed E-state index contributed by atoms with van der Waals surface area (Å²) in [6, 6.07) is 10.8. The van der Waals surface area contributed by atoms with Gasteiger partial charge in [-0.1, -0.05) is 12.1 Å². The number of hydrogen-bond donors (Lipinski definition) is 1. The van der Waals surface area contributed by atoms with E-state index in [0.29, 0.717) is 24.3 Å². The molecule has 5 nitrogen and oxygen atoms in total. The molecule has 24 heavy (non-hydrogen) atoms. The third-order valence-electron chi connectivity index (χ3n) is 3.92. The molecule has 3 rings (SSSR count). The molecule has 1 saturated heterocycles. The Morgan fingerprint density at radius 2 is 2.04 bits per heavy atom. The average molecular weight is 328 g/mol. The summed E-state index contributed by atoms with van der Waals surface area (Å²) in [5, 5.41) is 2.75. The molecule has 1 N–H and O–H groups in total. The van der Waals surface area contributed by atoms with Gasteiger partial charge in [-0.05, 0) is 36.8 Å². The van der Waals surface area contributed by atoms with Crippen LogP contribution in [0.5, 0.6) is 5.75 Å². The van der Waals surface area contributed by atoms with Gasteiger partial charge < -0.3 is 15.0 Å². The van der Waals surface area contributed by atoms with E-state index in [4.69, 9.17) is 4.74 Å². The maximum absolute atomic E-state index is 13.5. The van der Waals surface area contributed by atoms with Crippen LogP contribution in [0.3, 0.4) is 0 Å². The van der Waals surface area contributed by atoms with Crippen molar-refractivity contribution in [3.05, 3.63) is 53.8 Å². The first-order valence-electron chi connectivity index (χ1n) is 7.64. The van der Waals surface area contributed by atoms with Crippen LogP contribution in [0.25, 0.3) is 0 Å². The zero-order valence-corrected chi connectivity index (χ0v) is 13.2. The van der Waals surface area contributed by atoms with E-state index in [-0.39, 0.29) is 17.2 Å². The Bertz CT molecular complexity index is 792. The van der Waals surface area contributed by atoms with Gasteiger partial charge in [0.2, 0.25) is 5.91 Å². The minimum Gasteiger partial charge on any atom is -0.496 e. The number of para-hydroxylation sites is 2. The highest BCUT2D eigenvalue weighted by atomic mass is 19.1. The predicted molar refractivity (Wildman–Crippen MR) is 88.9 cm³/mol. The number of rotatable bonds is 4. The molecule has 0 spiro atoms. The van der Waals surface area contributed by atoms with Crippen LogP contribution in [0.15, 0.2) is 42.5 Å². The molecule has 1 heterocycles. The topological polar surface area (TPSA) is 58.6 Å². The van der Waals surface area contributed by atoms with Crippen LogP contribution < -0.4 is 15.0 Å². The van der Waals surface area contributed by atoms with Crippen molar-refractivity contribution in [2.75, 3.05) is 23.9 Å². The zero-order chi connectivity index (χ0) is 17.1. The Hall–Kier alpha value is -2.89. The summed E-state index contributed by atoms with van der Waals surface area (Å²) in [5.74, 6) is -0.710. The van der Waals surface area contributed by atoms with Crippen LogP contribution >= 0.6 is 0 Å². The molecule has 124 valence electrons. The summed E-state index contributed by atoms with van der Waals surface area (Å²) in [6.45, 7) is 0.620. The summed E-state index contributed by atoms with van der Waals surface area (Å²) in [4.78, 5) is 26.2. The number of anilines is 2. The van der Waals surface area contributed by atoms with E-state index in [0.717, 1.165) is 12.5 Å². The number of nitrogens with one attached hydrogen (secondary N) is 1. The van der Waals surface area contributed by atoms with Crippen LogP contribution in [-0.4, -0.2) is 25.5 Å². The number of methoxy groups -OCH3 is 1. The van der Waals surface area contributed by atoms with Gasteiger partial charge >= 0.3 is 0 Å². The van der Waals surface area contributed by atoms with Crippen molar-refractivity contribution in [3.63, 3.8) is 0 Å². The van der Waals surface area contributed by atoms with Crippen molar-refractivity contribution in [1.82, 2.24) is 0 Å². The van der Waals surface area contributed by atoms with Crippen molar-refractivity contribution in [3.8, 4) is 5.75 Å². The normalized spacial score (nSPS) is 13.9. The molecule has 0 aromatic heterocycles. The van der Waals surface area contributed by atoms with E-state index in [2.05, 4.69) is 5.32 Å². The molecule has 2 aromatic rings. The molecule has 2 aromatic carbocycles. The summed E-state index contributed by atoms with van der Waals surface area (Å²) < 4.78 is 18.6. The Morgan fingerprint density at radius 3 is 2.75 bits per heavy atom. The second kappa shape index (κ2) is 6.70. The maximum Gasteiger partial charge on any atom is 0.259 e. The molecule has 1 fully saturated rings. The lowest BCUT2D eigenvalue weighted by molar-refractivity contribution is -0.117. The molecule has 1 aliphatic heterocycles. The number of carbonyl (C=O) groups excluding carboxylic acids is 2. The van der Waals surface area contributed by atoms with Crippen molar-refractivity contribution in [1.29, 1.82) is 0 Å². The van der Waals surface area contributed by atoms with Crippen molar-refractivity contribution < 1.29 is 18.7 Å². The molecule has 0 radical (unpaired) electrons. The third-order valence-corrected chi connectivity index (χ3v) is 3.92. The van der Waals surface area contributed by atoms with Gasteiger partial charge in [0.05, 0.1) is 24.0 Å². The van der Waals surface area contributed by atoms with Gasteiger partial charge in [-0.25, -0.2) is 4.39 Å². The van der Waals surface area contributed by atoms with Crippen molar-refractivity contribution >= 4 is 23.2 Å². The van der Waals surface area contributed by atoms with Gasteiger partial charge in [0.25, 0.3) is 5.91 Å². The van der Waals surface area contributed by atoms with Gasteiger partial charge in [-0.3, -0.25) is 9.59 Å². The third kappa shape index (κ3) is 3.08. The van der Waals surface area contributed by atoms with Gasteiger partial charge in [0.15, 0.2) is 0 Å². The molecule has 0 aliphatic carbocycles. The number of benzene rings is 2. The van der Waals surface area contributed by atoms with Crippen molar-refractivity contribution in [2.45, 2.75) is 12.8 Å². The van der Waals surface area contributed by atoms with E-state index in [9.17, 15) is 14.0 Å². The minimum absolute atomic E-state index is 0.0278. The fourth-order valence-electron chi connectivity index (χ4n) is 2.76. The van der Waals surface area contributed by atoms with Gasteiger partial charge in [-0.15, -0.1) is 0 Å². The zero-order valence-electron chi connectivity index (χ0n) is 13.2. The quantitative estimate of drug-likeness (QED) is 0.937. The first kappa shape index (κ1) is 16.0. The van der Waals surface area contributed by atoms with E-state index >= 15 is 0 Å². The molecule has 1 aliphatic rings. The minimum atomic E-state index is -0.524. The van der Waals surface area contributed by atoms with E-state index in [1.807, 2.05) is 0 Å². The Morgan fingerprint density at radius 1 is 1.25 bits per heavy atom. The summed E-state index contributed by atoms with van der Waals surface area (Å²) in [5.41, 5.74) is 1.24. The number of hydrogen-bond acceptors (Lipinski definition) is 3. The second-order valence-electron chi connectivity index (χ2n) is 5.46. The highest BCUT2D eigenvalue weighted by Gasteiger charge is 2.24. The largest absolute Gasteiger partial charge is 0.496 e. The monoisotopic (exact) mass is 328 g/mol. The van der Waals surface area contributed by atoms with Gasteiger partial charge in [0.1, 0.15) is 11.6 Å². The lowest BCUT2D eigenvalue weighted by Crippen LogP contribution is -2.25. The standard InChI is InChI=1S/C18H17FN2O3/c1-24-16-9-8-12(19)11-13(16)18(23)20-14-5-2-3-6-15(14)21-10-4-7-17(21)22/h2-3,5-6,8-9,11H,4,7,10H2,1H3,(H,20,23). The van der Waals surface area contributed by atoms with Gasteiger partial charge in [-0.2, -0.15) is 0 Å². The molecule has 0 atom stereocenters. The molecule has 2 amide bonds. The number of ether oxygens (including phenoxy) is 1. The smallest absolute Gasteiger partial charge is 0.259 e. The molecule has 0 bridgehead atoms. The fraction of sp³-hybridized carbons (Fsp3) is 0.222. The van der Waals surface area contributed by atoms with Crippen LogP contribution in [0.1, 0.15) is 23.2 Å². The molecule has 0 unspecified atom stereocenters. The number of nitrogens with zero attached hydrogens (tertiary/aromatic N) is 1. The Labute approximate surface area is 139 Å². The SMILES string of the molecule is COc1ccc(F)cc1C(=O)Nc1ccccc1N1CCCC1=O. The summed E-state index contributed by atoms with van der Waals surface area (Å²) in [6.07, 6.45) is 1.29. The highest BCUT2D eigenvalue weighted by Crippen LogP contribution is 2.30. The molecular formula is C18H17FN2O3. The first-order chi connectivity index (χ1) is 11.6. The number of halogens is 1. The maximum atomic E-state index is 13.5. The highest BCUT2D eigenvalue weighted by molar-refractivity contribution is 6.09. The fourth-order valence-corrected chi connectivity index (χ4v) is 2.76. The Kier molecular flexibility index (Phi) is 4.46. The van der Waals surface area contributed by atoms with Crippen LogP contribution in [-0.2, 0) is 4.79 Å². The summed E-state index contributed by atoms with van der Waals surface area (Å²) in [7, 11) is 1.42. The number of carbonyl (C=O) groups is 2. The van der Waals surface area contributed by atoms with Crippen LogP contribution in [0.4, 0.5) is 15.8 Å². The van der Waals surface area contributed by atoms with E-state index in [1.54, 1.807) is 29.2 Å². The van der Waals surface area contributed by atoms with Crippen LogP contribution in [0, 0.1) is 5.82 Å². The van der Waals surface area contributed by atoms with E-state index < -0.39 is 11.7 Å². The van der Waals surface area contributed by atoms with Crippen LogP contribution in [0.2, 0.25) is 0 Å². The Balaban J connectivity index is 1.91. The molecular weight excluding hydrogens is 311 g/mol. The second-order valence-corrected chi connectivity index (χ2v) is 5.46. The molecule has 6 heteroatoms. The average Bonchev–Trinajstić information content (AvgIpc) is 3.01. The summed E-state index contributed by atoms with van der Waals surface area (Å²) >= 11 is 0. The van der Waals surface area contributed by atoms with Crippen molar-refractivity contribution in [2.24, 2.45) is 0 Å². The van der Waals surface area contributed by atoms with E-state index in [1.165, 1.54) is 19.2 Å².